The van der Waals surface area contributed by atoms with Crippen LogP contribution in [0.4, 0.5) is 5.69 Å². The van der Waals surface area contributed by atoms with Crippen molar-refractivity contribution in [1.82, 2.24) is 4.90 Å². The van der Waals surface area contributed by atoms with Gasteiger partial charge < -0.3 is 4.90 Å². The summed E-state index contributed by atoms with van der Waals surface area (Å²) in [6.45, 7) is 3.63. The minimum atomic E-state index is -0.324. The molecule has 1 aliphatic rings. The Morgan fingerprint density at radius 3 is 2.48 bits per heavy atom. The number of allylic oxidation sites excluding steroid dienone is 3. The molecular formula is C19H18N2O2. The van der Waals surface area contributed by atoms with Crippen molar-refractivity contribution in [2.45, 2.75) is 13.5 Å². The first-order valence-electron chi connectivity index (χ1n) is 7.56. The molecule has 0 radical (unpaired) electrons. The molecule has 0 N–H and O–H groups in total. The first kappa shape index (κ1) is 15.0. The van der Waals surface area contributed by atoms with Gasteiger partial charge in [-0.25, -0.2) is 0 Å². The fraction of sp³-hybridized carbons (Fsp3) is 0.158. The number of benzene rings is 2. The predicted molar refractivity (Wildman–Crippen MR) is 91.7 cm³/mol. The maximum atomic E-state index is 11.2. The third kappa shape index (κ3) is 3.31. The zero-order valence-corrected chi connectivity index (χ0v) is 13.0. The number of hydrogen-bond acceptors (Lipinski definition) is 3. The summed E-state index contributed by atoms with van der Waals surface area (Å²) in [5.41, 5.74) is 4.11. The van der Waals surface area contributed by atoms with Crippen LogP contribution in [0.15, 0.2) is 72.4 Å². The molecule has 0 bridgehead atoms. The Morgan fingerprint density at radius 1 is 1.09 bits per heavy atom. The summed E-state index contributed by atoms with van der Waals surface area (Å²) < 4.78 is 0. The Hall–Kier alpha value is -2.88. The van der Waals surface area contributed by atoms with E-state index < -0.39 is 0 Å². The number of nitro benzene ring substituents is 1. The van der Waals surface area contributed by atoms with Gasteiger partial charge in [0.25, 0.3) is 5.69 Å². The summed E-state index contributed by atoms with van der Waals surface area (Å²) in [5, 5.41) is 11.2. The van der Waals surface area contributed by atoms with E-state index in [-0.39, 0.29) is 10.6 Å². The summed E-state index contributed by atoms with van der Waals surface area (Å²) in [7, 11) is 0. The van der Waals surface area contributed by atoms with Crippen LogP contribution in [0.3, 0.4) is 0 Å². The largest absolute Gasteiger partial charge is 0.367 e. The summed E-state index contributed by atoms with van der Waals surface area (Å²) >= 11 is 0. The van der Waals surface area contributed by atoms with Gasteiger partial charge >= 0.3 is 0 Å². The lowest BCUT2D eigenvalue weighted by atomic mass is 9.99. The Balaban J connectivity index is 1.83. The van der Waals surface area contributed by atoms with E-state index in [2.05, 4.69) is 23.1 Å². The van der Waals surface area contributed by atoms with Gasteiger partial charge in [-0.15, -0.1) is 0 Å². The fourth-order valence-electron chi connectivity index (χ4n) is 2.79. The van der Waals surface area contributed by atoms with Gasteiger partial charge in [0.1, 0.15) is 0 Å². The predicted octanol–water partition coefficient (Wildman–Crippen LogP) is 4.40. The minimum absolute atomic E-state index is 0.152. The summed E-state index contributed by atoms with van der Waals surface area (Å²) in [6, 6.07) is 17.2. The number of hydrogen-bond donors (Lipinski definition) is 0. The number of rotatable bonds is 4. The fourth-order valence-corrected chi connectivity index (χ4v) is 2.79. The van der Waals surface area contributed by atoms with Crippen LogP contribution in [0, 0.1) is 10.1 Å². The lowest BCUT2D eigenvalue weighted by molar-refractivity contribution is -0.385. The number of nitro groups is 1. The average Bonchev–Trinajstić information content (AvgIpc) is 2.57. The van der Waals surface area contributed by atoms with Crippen molar-refractivity contribution in [3.8, 4) is 0 Å². The van der Waals surface area contributed by atoms with Gasteiger partial charge in [0.2, 0.25) is 0 Å². The molecular weight excluding hydrogens is 288 g/mol. The van der Waals surface area contributed by atoms with Crippen molar-refractivity contribution >= 4 is 11.3 Å². The highest BCUT2D eigenvalue weighted by atomic mass is 16.6. The van der Waals surface area contributed by atoms with Crippen LogP contribution in [-0.4, -0.2) is 16.4 Å². The van der Waals surface area contributed by atoms with Crippen LogP contribution in [0.5, 0.6) is 0 Å². The van der Waals surface area contributed by atoms with E-state index in [1.54, 1.807) is 18.2 Å². The smallest absolute Gasteiger partial charge is 0.277 e. The topological polar surface area (TPSA) is 46.4 Å². The monoisotopic (exact) mass is 306 g/mol. The molecule has 0 saturated carbocycles. The van der Waals surface area contributed by atoms with Crippen LogP contribution < -0.4 is 0 Å². The zero-order chi connectivity index (χ0) is 16.2. The highest BCUT2D eigenvalue weighted by Gasteiger charge is 2.18. The first-order chi connectivity index (χ1) is 11.1. The Kier molecular flexibility index (Phi) is 4.24. The average molecular weight is 306 g/mol. The first-order valence-corrected chi connectivity index (χ1v) is 7.56. The van der Waals surface area contributed by atoms with Crippen molar-refractivity contribution in [1.29, 1.82) is 0 Å². The lowest BCUT2D eigenvalue weighted by Gasteiger charge is -2.28. The van der Waals surface area contributed by atoms with Gasteiger partial charge in [0.05, 0.1) is 10.5 Å². The van der Waals surface area contributed by atoms with E-state index >= 15 is 0 Å². The van der Waals surface area contributed by atoms with Crippen molar-refractivity contribution in [2.24, 2.45) is 0 Å². The van der Waals surface area contributed by atoms with Gasteiger partial charge in [-0.3, -0.25) is 10.1 Å². The van der Waals surface area contributed by atoms with Crippen LogP contribution in [0.25, 0.3) is 5.57 Å². The molecule has 23 heavy (non-hydrogen) atoms. The maximum absolute atomic E-state index is 11.2. The van der Waals surface area contributed by atoms with Gasteiger partial charge in [-0.2, -0.15) is 0 Å². The third-order valence-electron chi connectivity index (χ3n) is 4.02. The van der Waals surface area contributed by atoms with Crippen molar-refractivity contribution in [3.63, 3.8) is 0 Å². The van der Waals surface area contributed by atoms with E-state index in [1.165, 1.54) is 5.56 Å². The van der Waals surface area contributed by atoms with Gasteiger partial charge in [-0.1, -0.05) is 48.5 Å². The second-order valence-electron chi connectivity index (χ2n) is 5.59. The molecule has 1 heterocycles. The van der Waals surface area contributed by atoms with Crippen LogP contribution in [0.1, 0.15) is 18.1 Å². The van der Waals surface area contributed by atoms with E-state index in [1.807, 2.05) is 37.3 Å². The van der Waals surface area contributed by atoms with Gasteiger partial charge in [-0.05, 0) is 30.2 Å². The van der Waals surface area contributed by atoms with Crippen LogP contribution >= 0.6 is 0 Å². The molecule has 0 saturated heterocycles. The van der Waals surface area contributed by atoms with E-state index in [0.717, 1.165) is 24.4 Å². The maximum Gasteiger partial charge on any atom is 0.277 e. The van der Waals surface area contributed by atoms with E-state index in [9.17, 15) is 10.1 Å². The highest BCUT2D eigenvalue weighted by Crippen LogP contribution is 2.30. The van der Waals surface area contributed by atoms with Crippen molar-refractivity contribution in [2.75, 3.05) is 6.54 Å². The van der Waals surface area contributed by atoms with Crippen molar-refractivity contribution < 1.29 is 4.92 Å². The Bertz CT molecular complexity index is 779. The molecule has 2 aromatic carbocycles. The molecule has 4 nitrogen and oxygen atoms in total. The Labute approximate surface area is 135 Å². The molecule has 0 spiro atoms. The molecule has 0 aliphatic carbocycles. The zero-order valence-electron chi connectivity index (χ0n) is 13.0. The highest BCUT2D eigenvalue weighted by molar-refractivity contribution is 5.80. The molecule has 116 valence electrons. The molecule has 0 atom stereocenters. The molecule has 4 heteroatoms. The molecule has 0 unspecified atom stereocenters. The van der Waals surface area contributed by atoms with Gasteiger partial charge in [0.15, 0.2) is 0 Å². The van der Waals surface area contributed by atoms with Crippen molar-refractivity contribution in [3.05, 3.63) is 93.7 Å². The second kappa shape index (κ2) is 6.48. The van der Waals surface area contributed by atoms with Gasteiger partial charge in [0, 0.05) is 24.9 Å². The quantitative estimate of drug-likeness (QED) is 0.621. The van der Waals surface area contributed by atoms with E-state index in [0.29, 0.717) is 5.56 Å². The summed E-state index contributed by atoms with van der Waals surface area (Å²) in [4.78, 5) is 13.1. The summed E-state index contributed by atoms with van der Waals surface area (Å²) in [5.74, 6) is 0. The minimum Gasteiger partial charge on any atom is -0.367 e. The molecule has 3 rings (SSSR count). The molecule has 2 aromatic rings. The standard InChI is InChI=1S/C19H18N2O2/c1-15-13-17(18-9-5-6-10-19(18)21(22)23)11-12-20(15)14-16-7-3-2-4-8-16/h2-11,13H,12,14H2,1H3. The molecule has 0 amide bonds. The lowest BCUT2D eigenvalue weighted by Crippen LogP contribution is -2.24. The number of para-hydroxylation sites is 1. The van der Waals surface area contributed by atoms with E-state index in [4.69, 9.17) is 0 Å². The third-order valence-corrected chi connectivity index (χ3v) is 4.02. The summed E-state index contributed by atoms with van der Waals surface area (Å²) in [6.07, 6.45) is 4.08. The molecule has 0 fully saturated rings. The second-order valence-corrected chi connectivity index (χ2v) is 5.59. The van der Waals surface area contributed by atoms with Crippen LogP contribution in [-0.2, 0) is 6.54 Å². The van der Waals surface area contributed by atoms with Crippen LogP contribution in [0.2, 0.25) is 0 Å². The number of nitrogens with zero attached hydrogens (tertiary/aromatic N) is 2. The molecule has 0 aromatic heterocycles. The SMILES string of the molecule is CC1=CC(c2ccccc2[N+](=O)[O-])=CCN1Cc1ccccc1. The molecule has 1 aliphatic heterocycles. The Morgan fingerprint density at radius 2 is 1.78 bits per heavy atom. The normalized spacial score (nSPS) is 14.2.